The third-order valence-electron chi connectivity index (χ3n) is 8.71. The van der Waals surface area contributed by atoms with Gasteiger partial charge in [0.15, 0.2) is 5.78 Å². The first-order valence-corrected chi connectivity index (χ1v) is 9.77. The number of rotatable bonds is 1. The summed E-state index contributed by atoms with van der Waals surface area (Å²) in [6.07, 6.45) is 7.70. The van der Waals surface area contributed by atoms with E-state index in [4.69, 9.17) is 0 Å². The molecule has 3 saturated carbocycles. The Balaban J connectivity index is 1.74. The van der Waals surface area contributed by atoms with Crippen LogP contribution in [0.5, 0.6) is 0 Å². The third kappa shape index (κ3) is 2.07. The van der Waals surface area contributed by atoms with Crippen LogP contribution < -0.4 is 0 Å². The molecule has 0 spiro atoms. The maximum Gasteiger partial charge on any atom is 0.161 e. The zero-order chi connectivity index (χ0) is 18.2. The van der Waals surface area contributed by atoms with Gasteiger partial charge in [-0.3, -0.25) is 9.59 Å². The highest BCUT2D eigenvalue weighted by Gasteiger charge is 2.67. The number of carbonyl (C=O) groups is 2. The summed E-state index contributed by atoms with van der Waals surface area (Å²) in [5.41, 5.74) is -1.83. The Morgan fingerprint density at radius 3 is 2.56 bits per heavy atom. The standard InChI is InChI=1S/C21H30O4/c1-12(22)21(25)9-6-16-18-15(5-8-20(16,21)3)19(2)7-4-14(23)10-13(19)11-17(18)24/h4,7,13-16,18,23,25H,5-6,8-11H2,1-3H3/t13?,14-,15+,16+,18-,19+,20+,21+/m1/s1. The molecule has 4 aliphatic carbocycles. The lowest BCUT2D eigenvalue weighted by atomic mass is 9.45. The first kappa shape index (κ1) is 17.4. The van der Waals surface area contributed by atoms with Crippen molar-refractivity contribution in [2.24, 2.45) is 34.5 Å². The maximum atomic E-state index is 13.1. The Kier molecular flexibility index (Phi) is 3.66. The molecule has 0 saturated heterocycles. The van der Waals surface area contributed by atoms with Crippen LogP contribution in [0.2, 0.25) is 0 Å². The largest absolute Gasteiger partial charge is 0.389 e. The summed E-state index contributed by atoms with van der Waals surface area (Å²) in [6.45, 7) is 5.77. The van der Waals surface area contributed by atoms with Crippen molar-refractivity contribution in [1.29, 1.82) is 0 Å². The second-order valence-corrected chi connectivity index (χ2v) is 9.55. The fourth-order valence-electron chi connectivity index (χ4n) is 7.07. The van der Waals surface area contributed by atoms with Crippen LogP contribution in [-0.2, 0) is 9.59 Å². The van der Waals surface area contributed by atoms with Crippen molar-refractivity contribution in [3.05, 3.63) is 12.2 Å². The van der Waals surface area contributed by atoms with Gasteiger partial charge in [-0.15, -0.1) is 0 Å². The lowest BCUT2D eigenvalue weighted by Gasteiger charge is -2.59. The van der Waals surface area contributed by atoms with Gasteiger partial charge in [-0.1, -0.05) is 26.0 Å². The van der Waals surface area contributed by atoms with Crippen molar-refractivity contribution in [3.63, 3.8) is 0 Å². The number of fused-ring (bicyclic) bond motifs is 5. The molecule has 1 unspecified atom stereocenters. The first-order valence-electron chi connectivity index (χ1n) is 9.77. The number of allylic oxidation sites excluding steroid dienone is 1. The SMILES string of the molecule is CC(=O)[C@@]1(O)CC[C@H]2[C@@H]3C(=O)CC4C[C@H](O)C=C[C@]4(C)[C@H]3CC[C@@]21C. The zero-order valence-electron chi connectivity index (χ0n) is 15.5. The van der Waals surface area contributed by atoms with E-state index in [9.17, 15) is 19.8 Å². The van der Waals surface area contributed by atoms with Crippen molar-refractivity contribution in [3.8, 4) is 0 Å². The van der Waals surface area contributed by atoms with Gasteiger partial charge in [-0.05, 0) is 62.2 Å². The summed E-state index contributed by atoms with van der Waals surface area (Å²) in [7, 11) is 0. The Labute approximate surface area is 149 Å². The number of hydrogen-bond acceptors (Lipinski definition) is 4. The summed E-state index contributed by atoms with van der Waals surface area (Å²) in [4.78, 5) is 25.3. The van der Waals surface area contributed by atoms with E-state index in [1.807, 2.05) is 13.0 Å². The monoisotopic (exact) mass is 346 g/mol. The van der Waals surface area contributed by atoms with Gasteiger partial charge >= 0.3 is 0 Å². The first-order chi connectivity index (χ1) is 11.6. The molecule has 0 heterocycles. The number of aliphatic hydroxyl groups excluding tert-OH is 1. The van der Waals surface area contributed by atoms with Crippen molar-refractivity contribution >= 4 is 11.6 Å². The molecular weight excluding hydrogens is 316 g/mol. The van der Waals surface area contributed by atoms with Crippen molar-refractivity contribution in [2.75, 3.05) is 0 Å². The van der Waals surface area contributed by atoms with E-state index >= 15 is 0 Å². The second-order valence-electron chi connectivity index (χ2n) is 9.55. The highest BCUT2D eigenvalue weighted by atomic mass is 16.3. The predicted octanol–water partition coefficient (Wildman–Crippen LogP) is 2.67. The molecule has 4 heteroatoms. The minimum Gasteiger partial charge on any atom is -0.389 e. The lowest BCUT2D eigenvalue weighted by Crippen LogP contribution is -2.60. The summed E-state index contributed by atoms with van der Waals surface area (Å²) in [5.74, 6) is 0.634. The quantitative estimate of drug-likeness (QED) is 0.716. The van der Waals surface area contributed by atoms with E-state index in [1.54, 1.807) is 0 Å². The van der Waals surface area contributed by atoms with E-state index in [0.717, 1.165) is 19.3 Å². The van der Waals surface area contributed by atoms with Crippen LogP contribution in [0.15, 0.2) is 12.2 Å². The fourth-order valence-corrected chi connectivity index (χ4v) is 7.07. The molecule has 2 N–H and O–H groups in total. The summed E-state index contributed by atoms with van der Waals surface area (Å²) < 4.78 is 0. The molecule has 0 amide bonds. The summed E-state index contributed by atoms with van der Waals surface area (Å²) in [6, 6.07) is 0. The minimum absolute atomic E-state index is 0.0595. The van der Waals surface area contributed by atoms with Crippen molar-refractivity contribution in [1.82, 2.24) is 0 Å². The Hall–Kier alpha value is -1.00. The third-order valence-corrected chi connectivity index (χ3v) is 8.71. The van der Waals surface area contributed by atoms with Gasteiger partial charge in [0.25, 0.3) is 0 Å². The lowest BCUT2D eigenvalue weighted by molar-refractivity contribution is -0.169. The molecule has 0 aliphatic heterocycles. The van der Waals surface area contributed by atoms with Gasteiger partial charge in [0.1, 0.15) is 11.4 Å². The van der Waals surface area contributed by atoms with Gasteiger partial charge in [-0.2, -0.15) is 0 Å². The second kappa shape index (κ2) is 5.26. The van der Waals surface area contributed by atoms with Gasteiger partial charge in [0.05, 0.1) is 6.10 Å². The molecule has 0 aromatic carbocycles. The number of ketones is 2. The molecule has 25 heavy (non-hydrogen) atoms. The number of carbonyl (C=O) groups excluding carboxylic acids is 2. The van der Waals surface area contributed by atoms with Crippen LogP contribution in [0, 0.1) is 34.5 Å². The van der Waals surface area contributed by atoms with E-state index < -0.39 is 17.1 Å². The zero-order valence-corrected chi connectivity index (χ0v) is 15.5. The molecule has 0 bridgehead atoms. The van der Waals surface area contributed by atoms with Gasteiger partial charge in [-0.25, -0.2) is 0 Å². The van der Waals surface area contributed by atoms with Gasteiger partial charge < -0.3 is 10.2 Å². The molecule has 0 radical (unpaired) electrons. The molecule has 138 valence electrons. The van der Waals surface area contributed by atoms with E-state index in [1.165, 1.54) is 6.92 Å². The molecule has 4 aliphatic rings. The highest BCUT2D eigenvalue weighted by molar-refractivity contribution is 5.88. The number of Topliss-reactive ketones (excluding diaryl/α,β-unsaturated/α-hetero) is 2. The minimum atomic E-state index is -1.28. The smallest absolute Gasteiger partial charge is 0.161 e. The fraction of sp³-hybridized carbons (Fsp3) is 0.810. The molecule has 8 atom stereocenters. The van der Waals surface area contributed by atoms with E-state index in [0.29, 0.717) is 25.0 Å². The number of aliphatic hydroxyl groups is 2. The van der Waals surface area contributed by atoms with Gasteiger partial charge in [0, 0.05) is 17.8 Å². The van der Waals surface area contributed by atoms with Gasteiger partial charge in [0.2, 0.25) is 0 Å². The molecule has 0 aromatic rings. The molecular formula is C21H30O4. The summed E-state index contributed by atoms with van der Waals surface area (Å²) >= 11 is 0. The molecule has 4 nitrogen and oxygen atoms in total. The van der Waals surface area contributed by atoms with Crippen LogP contribution in [0.3, 0.4) is 0 Å². The molecule has 3 fully saturated rings. The average Bonchev–Trinajstić information content (AvgIpc) is 2.82. The Morgan fingerprint density at radius 2 is 1.88 bits per heavy atom. The summed E-state index contributed by atoms with van der Waals surface area (Å²) in [5, 5.41) is 21.1. The average molecular weight is 346 g/mol. The van der Waals surface area contributed by atoms with Crippen molar-refractivity contribution in [2.45, 2.75) is 71.0 Å². The van der Waals surface area contributed by atoms with Crippen LogP contribution in [0.4, 0.5) is 0 Å². The highest BCUT2D eigenvalue weighted by Crippen LogP contribution is 2.66. The van der Waals surface area contributed by atoms with E-state index in [-0.39, 0.29) is 34.9 Å². The van der Waals surface area contributed by atoms with Crippen LogP contribution in [0.1, 0.15) is 59.3 Å². The maximum absolute atomic E-state index is 13.1. The van der Waals surface area contributed by atoms with Crippen LogP contribution >= 0.6 is 0 Å². The molecule has 0 aromatic heterocycles. The van der Waals surface area contributed by atoms with Crippen LogP contribution in [-0.4, -0.2) is 33.5 Å². The topological polar surface area (TPSA) is 74.6 Å². The van der Waals surface area contributed by atoms with E-state index in [2.05, 4.69) is 13.0 Å². The predicted molar refractivity (Wildman–Crippen MR) is 93.7 cm³/mol. The normalized spacial score (nSPS) is 54.6. The number of hydrogen-bond donors (Lipinski definition) is 2. The Morgan fingerprint density at radius 1 is 1.20 bits per heavy atom. The van der Waals surface area contributed by atoms with Crippen molar-refractivity contribution < 1.29 is 19.8 Å². The van der Waals surface area contributed by atoms with Crippen LogP contribution in [0.25, 0.3) is 0 Å². The molecule has 4 rings (SSSR count). The Bertz CT molecular complexity index is 654.